The lowest BCUT2D eigenvalue weighted by Crippen LogP contribution is -2.56. The minimum Gasteiger partial charge on any atom is -0.469 e. The maximum Gasteiger partial charge on any atom is 0.306 e. The first kappa shape index (κ1) is 30.8. The van der Waals surface area contributed by atoms with Crippen molar-refractivity contribution in [3.63, 3.8) is 0 Å². The molecule has 0 radical (unpaired) electrons. The van der Waals surface area contributed by atoms with E-state index < -0.39 is 53.8 Å². The number of Topliss-reactive ketones (excluding diaryl/α,β-unsaturated/α-hetero) is 1. The van der Waals surface area contributed by atoms with Crippen molar-refractivity contribution in [2.45, 2.75) is 70.1 Å². The Labute approximate surface area is 227 Å². The molecule has 1 saturated heterocycles. The number of carbonyl (C=O) groups excluding carboxylic acids is 6. The Morgan fingerprint density at radius 2 is 1.68 bits per heavy atom. The van der Waals surface area contributed by atoms with E-state index in [9.17, 15) is 28.8 Å². The maximum atomic E-state index is 13.1. The van der Waals surface area contributed by atoms with Crippen LogP contribution in [0.3, 0.4) is 0 Å². The summed E-state index contributed by atoms with van der Waals surface area (Å²) in [6.07, 6.45) is 1.02. The number of methoxy groups -OCH3 is 1. The van der Waals surface area contributed by atoms with Crippen molar-refractivity contribution in [1.82, 2.24) is 20.9 Å². The van der Waals surface area contributed by atoms with E-state index in [1.54, 1.807) is 0 Å². The number of amides is 4. The molecule has 1 fully saturated rings. The van der Waals surface area contributed by atoms with E-state index in [1.165, 1.54) is 25.9 Å². The van der Waals surface area contributed by atoms with Crippen LogP contribution in [0.5, 0.6) is 0 Å². The number of ketones is 1. The number of alkyl halides is 1. The zero-order valence-electron chi connectivity index (χ0n) is 21.8. The van der Waals surface area contributed by atoms with Gasteiger partial charge in [0, 0.05) is 13.0 Å². The van der Waals surface area contributed by atoms with Gasteiger partial charge in [-0.05, 0) is 38.7 Å². The van der Waals surface area contributed by atoms with E-state index in [-0.39, 0.29) is 30.9 Å². The zero-order chi connectivity index (χ0) is 28.2. The van der Waals surface area contributed by atoms with Gasteiger partial charge < -0.3 is 25.6 Å². The fraction of sp³-hybridized carbons (Fsp3) is 0.538. The molecule has 1 heterocycles. The molecule has 2 rings (SSSR count). The Balaban J connectivity index is 1.95. The van der Waals surface area contributed by atoms with Crippen molar-refractivity contribution >= 4 is 47.0 Å². The minimum atomic E-state index is -0.963. The fourth-order valence-corrected chi connectivity index (χ4v) is 4.29. The molecule has 1 aliphatic heterocycles. The number of nitrogens with zero attached hydrogens (tertiary/aromatic N) is 1. The Kier molecular flexibility index (Phi) is 12.2. The van der Waals surface area contributed by atoms with E-state index in [4.69, 9.17) is 11.6 Å². The van der Waals surface area contributed by atoms with Crippen molar-refractivity contribution < 1.29 is 33.5 Å². The number of likely N-dealkylation sites (tertiary alicyclic amines) is 1. The molecule has 38 heavy (non-hydrogen) atoms. The molecular formula is C26H35ClN4O7. The highest BCUT2D eigenvalue weighted by atomic mass is 35.5. The molecule has 1 aromatic rings. The number of carbonyl (C=O) groups is 6. The maximum absolute atomic E-state index is 13.1. The van der Waals surface area contributed by atoms with E-state index in [2.05, 4.69) is 20.7 Å². The van der Waals surface area contributed by atoms with E-state index >= 15 is 0 Å². The van der Waals surface area contributed by atoms with Gasteiger partial charge in [0.25, 0.3) is 0 Å². The number of nitrogens with one attached hydrogen (secondary N) is 3. The van der Waals surface area contributed by atoms with Gasteiger partial charge in [0.2, 0.25) is 23.6 Å². The lowest BCUT2D eigenvalue weighted by Gasteiger charge is -2.29. The normalized spacial score (nSPS) is 17.1. The molecule has 1 aromatic carbocycles. The third kappa shape index (κ3) is 9.13. The summed E-state index contributed by atoms with van der Waals surface area (Å²) in [5.41, 5.74) is 0.860. The summed E-state index contributed by atoms with van der Waals surface area (Å²) in [5.74, 6) is -3.14. The first-order chi connectivity index (χ1) is 18.1. The highest BCUT2D eigenvalue weighted by Gasteiger charge is 2.38. The van der Waals surface area contributed by atoms with Crippen LogP contribution >= 0.6 is 11.6 Å². The first-order valence-electron chi connectivity index (χ1n) is 12.5. The van der Waals surface area contributed by atoms with Crippen LogP contribution in [0.1, 0.15) is 45.1 Å². The predicted molar refractivity (Wildman–Crippen MR) is 139 cm³/mol. The molecule has 11 nitrogen and oxygen atoms in total. The molecule has 0 spiro atoms. The van der Waals surface area contributed by atoms with Gasteiger partial charge in [0.1, 0.15) is 18.1 Å². The van der Waals surface area contributed by atoms with Gasteiger partial charge in [-0.2, -0.15) is 0 Å². The average molecular weight is 551 g/mol. The summed E-state index contributed by atoms with van der Waals surface area (Å²) in [5, 5.41) is 7.78. The van der Waals surface area contributed by atoms with Gasteiger partial charge in [0.05, 0.1) is 25.5 Å². The molecule has 0 aliphatic carbocycles. The van der Waals surface area contributed by atoms with Gasteiger partial charge in [-0.3, -0.25) is 28.8 Å². The summed E-state index contributed by atoms with van der Waals surface area (Å²) in [6, 6.07) is 5.67. The second-order valence-electron chi connectivity index (χ2n) is 9.14. The summed E-state index contributed by atoms with van der Waals surface area (Å²) < 4.78 is 4.48. The molecule has 12 heteroatoms. The van der Waals surface area contributed by atoms with Gasteiger partial charge in [-0.1, -0.05) is 30.3 Å². The number of rotatable bonds is 13. The lowest BCUT2D eigenvalue weighted by atomic mass is 10.0. The molecule has 3 N–H and O–H groups in total. The van der Waals surface area contributed by atoms with Crippen LogP contribution in [-0.4, -0.2) is 84.0 Å². The smallest absolute Gasteiger partial charge is 0.306 e. The lowest BCUT2D eigenvalue weighted by molar-refractivity contribution is -0.142. The summed E-state index contributed by atoms with van der Waals surface area (Å²) in [7, 11) is 1.21. The topological polar surface area (TPSA) is 151 Å². The van der Waals surface area contributed by atoms with Gasteiger partial charge in [-0.25, -0.2) is 0 Å². The molecule has 1 aliphatic rings. The second-order valence-corrected chi connectivity index (χ2v) is 9.40. The van der Waals surface area contributed by atoms with Crippen LogP contribution in [0.4, 0.5) is 0 Å². The third-order valence-electron chi connectivity index (χ3n) is 6.24. The van der Waals surface area contributed by atoms with E-state index in [0.29, 0.717) is 19.4 Å². The monoisotopic (exact) mass is 550 g/mol. The zero-order valence-corrected chi connectivity index (χ0v) is 22.6. The number of esters is 1. The van der Waals surface area contributed by atoms with Crippen LogP contribution in [-0.2, 0) is 39.9 Å². The summed E-state index contributed by atoms with van der Waals surface area (Å²) in [4.78, 5) is 75.7. The standard InChI is InChI=1S/C26H35ClN4O7/c1-16(28-22(33)11-12-23(34)38-3)24(35)29-17(2)26(37)31-13-7-10-20(31)25(36)30-19(21(32)15-27)14-18-8-5-4-6-9-18/h4-6,8-9,16-17,19-20H,7,10-15H2,1-3H3,(H,28,33)(H,29,35)(H,30,36)/t16-,17+,19+,20+/m1/s1. The number of ether oxygens (including phenoxy) is 1. The molecule has 0 unspecified atom stereocenters. The Morgan fingerprint density at radius 3 is 2.32 bits per heavy atom. The van der Waals surface area contributed by atoms with Crippen LogP contribution in [0.15, 0.2) is 30.3 Å². The first-order valence-corrected chi connectivity index (χ1v) is 13.0. The molecule has 4 amide bonds. The van der Waals surface area contributed by atoms with Crippen molar-refractivity contribution in [3.8, 4) is 0 Å². The van der Waals surface area contributed by atoms with Crippen molar-refractivity contribution in [3.05, 3.63) is 35.9 Å². The molecule has 0 aromatic heterocycles. The molecule has 4 atom stereocenters. The summed E-state index contributed by atoms with van der Waals surface area (Å²) in [6.45, 7) is 3.27. The van der Waals surface area contributed by atoms with Crippen LogP contribution in [0, 0.1) is 0 Å². The van der Waals surface area contributed by atoms with Gasteiger partial charge in [-0.15, -0.1) is 11.6 Å². The van der Waals surface area contributed by atoms with E-state index in [0.717, 1.165) is 5.56 Å². The highest BCUT2D eigenvalue weighted by molar-refractivity contribution is 6.28. The predicted octanol–water partition coefficient (Wildman–Crippen LogP) is 0.475. The van der Waals surface area contributed by atoms with Crippen molar-refractivity contribution in [2.75, 3.05) is 19.5 Å². The van der Waals surface area contributed by atoms with Crippen molar-refractivity contribution in [1.29, 1.82) is 0 Å². The minimum absolute atomic E-state index is 0.118. The third-order valence-corrected chi connectivity index (χ3v) is 6.51. The van der Waals surface area contributed by atoms with Crippen LogP contribution in [0.2, 0.25) is 0 Å². The Hall–Kier alpha value is -3.47. The fourth-order valence-electron chi connectivity index (χ4n) is 4.10. The highest BCUT2D eigenvalue weighted by Crippen LogP contribution is 2.19. The van der Waals surface area contributed by atoms with Gasteiger partial charge in [0.15, 0.2) is 5.78 Å². The molecule has 208 valence electrons. The second kappa shape index (κ2) is 15.1. The van der Waals surface area contributed by atoms with Crippen LogP contribution < -0.4 is 16.0 Å². The Morgan fingerprint density at radius 1 is 1.00 bits per heavy atom. The quantitative estimate of drug-likeness (QED) is 0.238. The molecule has 0 bridgehead atoms. The average Bonchev–Trinajstić information content (AvgIpc) is 3.41. The largest absolute Gasteiger partial charge is 0.469 e. The number of hydrogen-bond donors (Lipinski definition) is 3. The summed E-state index contributed by atoms with van der Waals surface area (Å²) >= 11 is 5.77. The number of benzene rings is 1. The Bertz CT molecular complexity index is 1020. The number of hydrogen-bond acceptors (Lipinski definition) is 7. The molecular weight excluding hydrogens is 516 g/mol. The van der Waals surface area contributed by atoms with E-state index in [1.807, 2.05) is 30.3 Å². The molecule has 0 saturated carbocycles. The van der Waals surface area contributed by atoms with Crippen LogP contribution in [0.25, 0.3) is 0 Å². The SMILES string of the molecule is COC(=O)CCC(=O)N[C@H](C)C(=O)N[C@@H](C)C(=O)N1CCC[C@H]1C(=O)N[C@@H](Cc1ccccc1)C(=O)CCl. The van der Waals surface area contributed by atoms with Crippen molar-refractivity contribution in [2.24, 2.45) is 0 Å². The number of halogens is 1. The van der Waals surface area contributed by atoms with Gasteiger partial charge >= 0.3 is 5.97 Å².